The van der Waals surface area contributed by atoms with Gasteiger partial charge in [0.25, 0.3) is 0 Å². The lowest BCUT2D eigenvalue weighted by atomic mass is 9.96. The summed E-state index contributed by atoms with van der Waals surface area (Å²) in [5.41, 5.74) is 0.758. The van der Waals surface area contributed by atoms with E-state index in [2.05, 4.69) is 38.2 Å². The van der Waals surface area contributed by atoms with Gasteiger partial charge < -0.3 is 10.4 Å². The molecule has 0 fully saturated rings. The lowest BCUT2D eigenvalue weighted by molar-refractivity contribution is 0.0658. The van der Waals surface area contributed by atoms with E-state index in [0.29, 0.717) is 25.3 Å². The first-order chi connectivity index (χ1) is 14.0. The van der Waals surface area contributed by atoms with E-state index in [9.17, 15) is 9.90 Å². The second-order valence-electron chi connectivity index (χ2n) is 9.96. The minimum Gasteiger partial charge on any atom is -0.390 e. The van der Waals surface area contributed by atoms with Gasteiger partial charge >= 0.3 is 5.69 Å². The monoisotopic (exact) mass is 445 g/mol. The van der Waals surface area contributed by atoms with Crippen molar-refractivity contribution in [2.75, 3.05) is 5.32 Å². The molecule has 1 aromatic rings. The SMILES string of the molecule is CC(C)(O)CCn1c2nc(C(C)(C)C)nc-2c2n(c1=O)C[C@@H](Cc1ccccc1)N2.Cl. The molecule has 0 spiro atoms. The Labute approximate surface area is 189 Å². The zero-order valence-corrected chi connectivity index (χ0v) is 19.7. The highest BCUT2D eigenvalue weighted by Gasteiger charge is 2.34. The van der Waals surface area contributed by atoms with E-state index < -0.39 is 5.60 Å². The average molecular weight is 446 g/mol. The normalized spacial score (nSPS) is 16.1. The van der Waals surface area contributed by atoms with Crippen LogP contribution in [0.4, 0.5) is 5.82 Å². The van der Waals surface area contributed by atoms with Crippen molar-refractivity contribution in [2.24, 2.45) is 0 Å². The Morgan fingerprint density at radius 3 is 2.42 bits per heavy atom. The van der Waals surface area contributed by atoms with Crippen molar-refractivity contribution < 1.29 is 5.11 Å². The third-order valence-electron chi connectivity index (χ3n) is 5.54. The molecule has 0 unspecified atom stereocenters. The first-order valence-corrected chi connectivity index (χ1v) is 10.6. The lowest BCUT2D eigenvalue weighted by Gasteiger charge is -2.20. The van der Waals surface area contributed by atoms with Gasteiger partial charge in [-0.1, -0.05) is 51.1 Å². The topological polar surface area (TPSA) is 85.0 Å². The highest BCUT2D eigenvalue weighted by molar-refractivity contribution is 5.85. The van der Waals surface area contributed by atoms with Gasteiger partial charge in [-0.25, -0.2) is 14.8 Å². The molecule has 0 radical (unpaired) electrons. The summed E-state index contributed by atoms with van der Waals surface area (Å²) in [6.45, 7) is 10.7. The van der Waals surface area contributed by atoms with E-state index in [1.165, 1.54) is 5.56 Å². The molecule has 7 nitrogen and oxygen atoms in total. The summed E-state index contributed by atoms with van der Waals surface area (Å²) in [4.78, 5) is 23.0. The van der Waals surface area contributed by atoms with Gasteiger partial charge in [0.15, 0.2) is 5.82 Å². The third-order valence-corrected chi connectivity index (χ3v) is 5.54. The number of rotatable bonds is 5. The van der Waals surface area contributed by atoms with Gasteiger partial charge in [-0.15, -0.1) is 12.4 Å². The fourth-order valence-electron chi connectivity index (χ4n) is 3.85. The number of hydrogen-bond acceptors (Lipinski definition) is 5. The lowest BCUT2D eigenvalue weighted by Crippen LogP contribution is -2.34. The number of anilines is 1. The van der Waals surface area contributed by atoms with Gasteiger partial charge in [0.05, 0.1) is 5.60 Å². The molecule has 3 heterocycles. The Kier molecular flexibility index (Phi) is 6.22. The summed E-state index contributed by atoms with van der Waals surface area (Å²) in [7, 11) is 0. The van der Waals surface area contributed by atoms with E-state index in [-0.39, 0.29) is 29.6 Å². The maximum atomic E-state index is 13.4. The molecule has 31 heavy (non-hydrogen) atoms. The maximum absolute atomic E-state index is 13.4. The highest BCUT2D eigenvalue weighted by Crippen LogP contribution is 2.34. The van der Waals surface area contributed by atoms with Crippen LogP contribution in [-0.4, -0.2) is 35.9 Å². The fourth-order valence-corrected chi connectivity index (χ4v) is 3.85. The van der Waals surface area contributed by atoms with Crippen molar-refractivity contribution in [3.05, 3.63) is 52.2 Å². The highest BCUT2D eigenvalue weighted by atomic mass is 35.5. The van der Waals surface area contributed by atoms with Crippen LogP contribution in [0.2, 0.25) is 0 Å². The van der Waals surface area contributed by atoms with Crippen LogP contribution in [0.1, 0.15) is 52.4 Å². The van der Waals surface area contributed by atoms with Crippen molar-refractivity contribution >= 4 is 18.2 Å². The van der Waals surface area contributed by atoms with Gasteiger partial charge in [0.1, 0.15) is 17.3 Å². The number of aromatic nitrogens is 4. The Balaban J connectivity index is 0.00000272. The van der Waals surface area contributed by atoms with E-state index in [4.69, 9.17) is 9.97 Å². The van der Waals surface area contributed by atoms with E-state index in [1.807, 2.05) is 18.2 Å². The van der Waals surface area contributed by atoms with Crippen LogP contribution in [0.3, 0.4) is 0 Å². The number of nitrogens with one attached hydrogen (secondary N) is 1. The molecule has 0 aliphatic carbocycles. The Morgan fingerprint density at radius 1 is 1.13 bits per heavy atom. The van der Waals surface area contributed by atoms with E-state index in [0.717, 1.165) is 23.8 Å². The number of halogens is 1. The average Bonchev–Trinajstić information content (AvgIpc) is 3.26. The molecule has 0 bridgehead atoms. The standard InChI is InChI=1S/C23H31N5O2.ClH/c1-22(2,3)20-25-17-18-24-16(13-15-9-7-6-8-10-15)14-28(18)21(29)27(19(17)26-20)12-11-23(4,5)30;/h6-10,16,24,30H,11-14H2,1-5H3;1H/t16-;/m1./s1. The van der Waals surface area contributed by atoms with Crippen molar-refractivity contribution in [3.8, 4) is 11.5 Å². The predicted octanol–water partition coefficient (Wildman–Crippen LogP) is 3.46. The van der Waals surface area contributed by atoms with Crippen LogP contribution in [-0.2, 0) is 24.9 Å². The Morgan fingerprint density at radius 2 is 1.81 bits per heavy atom. The number of benzene rings is 1. The second-order valence-corrected chi connectivity index (χ2v) is 9.96. The molecule has 0 saturated carbocycles. The first-order valence-electron chi connectivity index (χ1n) is 10.6. The Bertz CT molecular complexity index is 1080. The number of hydrogen-bond donors (Lipinski definition) is 2. The molecule has 1 aromatic carbocycles. The summed E-state index contributed by atoms with van der Waals surface area (Å²) in [6.07, 6.45) is 1.29. The van der Waals surface area contributed by atoms with Crippen LogP contribution >= 0.6 is 12.4 Å². The van der Waals surface area contributed by atoms with Gasteiger partial charge in [0, 0.05) is 24.5 Å². The largest absolute Gasteiger partial charge is 0.390 e. The smallest absolute Gasteiger partial charge is 0.331 e. The molecule has 4 rings (SSSR count). The van der Waals surface area contributed by atoms with Crippen LogP contribution in [0, 0.1) is 0 Å². The molecular weight excluding hydrogens is 414 g/mol. The number of imidazole rings is 1. The molecule has 0 saturated heterocycles. The van der Waals surface area contributed by atoms with E-state index >= 15 is 0 Å². The number of nitrogens with zero attached hydrogens (tertiary/aromatic N) is 4. The Hall–Kier alpha value is -2.38. The fraction of sp³-hybridized carbons (Fsp3) is 0.522. The minimum atomic E-state index is -0.865. The third kappa shape index (κ3) is 4.77. The summed E-state index contributed by atoms with van der Waals surface area (Å²) < 4.78 is 3.45. The van der Waals surface area contributed by atoms with Gasteiger partial charge in [0.2, 0.25) is 0 Å². The maximum Gasteiger partial charge on any atom is 0.331 e. The van der Waals surface area contributed by atoms with Crippen molar-refractivity contribution in [1.29, 1.82) is 0 Å². The van der Waals surface area contributed by atoms with Crippen LogP contribution in [0.25, 0.3) is 11.5 Å². The minimum absolute atomic E-state index is 0. The summed E-state index contributed by atoms with van der Waals surface area (Å²) in [6, 6.07) is 10.4. The van der Waals surface area contributed by atoms with E-state index in [1.54, 1.807) is 23.0 Å². The number of fused-ring (bicyclic) bond motifs is 3. The molecule has 3 aliphatic rings. The molecule has 1 atom stereocenters. The van der Waals surface area contributed by atoms with Crippen LogP contribution in [0.15, 0.2) is 35.1 Å². The van der Waals surface area contributed by atoms with Crippen LogP contribution < -0.4 is 11.0 Å². The number of aliphatic hydroxyl groups is 1. The molecule has 2 N–H and O–H groups in total. The van der Waals surface area contributed by atoms with Crippen molar-refractivity contribution in [2.45, 2.75) is 77.6 Å². The molecule has 3 aliphatic heterocycles. The van der Waals surface area contributed by atoms with Crippen LogP contribution in [0.5, 0.6) is 0 Å². The molecule has 0 aromatic heterocycles. The van der Waals surface area contributed by atoms with Gasteiger partial charge in [-0.2, -0.15) is 0 Å². The molecule has 0 amide bonds. The predicted molar refractivity (Wildman–Crippen MR) is 125 cm³/mol. The van der Waals surface area contributed by atoms with Gasteiger partial charge in [-0.05, 0) is 32.3 Å². The summed E-state index contributed by atoms with van der Waals surface area (Å²) >= 11 is 0. The summed E-state index contributed by atoms with van der Waals surface area (Å²) in [5.74, 6) is 2.06. The molecular formula is C23H32ClN5O2. The molecule has 8 heteroatoms. The molecule has 168 valence electrons. The van der Waals surface area contributed by atoms with Crippen molar-refractivity contribution in [1.82, 2.24) is 19.1 Å². The van der Waals surface area contributed by atoms with Gasteiger partial charge in [-0.3, -0.25) is 9.13 Å². The summed E-state index contributed by atoms with van der Waals surface area (Å²) in [5, 5.41) is 13.7. The quantitative estimate of drug-likeness (QED) is 0.628. The second kappa shape index (κ2) is 8.28. The zero-order chi connectivity index (χ0) is 21.7. The zero-order valence-electron chi connectivity index (χ0n) is 18.8. The first kappa shape index (κ1) is 23.3. The van der Waals surface area contributed by atoms with Crippen molar-refractivity contribution in [3.63, 3.8) is 0 Å².